The van der Waals surface area contributed by atoms with Crippen molar-refractivity contribution in [3.8, 4) is 5.69 Å². The van der Waals surface area contributed by atoms with Crippen LogP contribution in [0, 0.1) is 19.7 Å². The van der Waals surface area contributed by atoms with Gasteiger partial charge in [0, 0.05) is 10.8 Å². The van der Waals surface area contributed by atoms with Crippen molar-refractivity contribution < 1.29 is 17.6 Å². The van der Waals surface area contributed by atoms with Crippen molar-refractivity contribution in [3.63, 3.8) is 0 Å². The molecule has 1 aromatic heterocycles. The van der Waals surface area contributed by atoms with E-state index in [0.717, 1.165) is 28.0 Å². The number of halogens is 4. The van der Waals surface area contributed by atoms with Gasteiger partial charge in [0.1, 0.15) is 11.4 Å². The maximum Gasteiger partial charge on any atom is 0.421 e. The Balaban J connectivity index is 2.21. The molecule has 4 rings (SSSR count). The molecule has 0 radical (unpaired) electrons. The van der Waals surface area contributed by atoms with Gasteiger partial charge < -0.3 is 4.57 Å². The molecule has 0 saturated heterocycles. The highest BCUT2D eigenvalue weighted by Gasteiger charge is 2.38. The van der Waals surface area contributed by atoms with Gasteiger partial charge in [-0.3, -0.25) is 0 Å². The quantitative estimate of drug-likeness (QED) is 0.340. The maximum absolute atomic E-state index is 14.1. The third-order valence-corrected chi connectivity index (χ3v) is 4.59. The molecule has 0 saturated carbocycles. The Kier molecular flexibility index (Phi) is 3.58. The normalized spacial score (nSPS) is 12.2. The van der Waals surface area contributed by atoms with E-state index >= 15 is 0 Å². The summed E-state index contributed by atoms with van der Waals surface area (Å²) in [6, 6.07) is 14.6. The van der Waals surface area contributed by atoms with Crippen molar-refractivity contribution in [1.29, 1.82) is 0 Å². The highest BCUT2D eigenvalue weighted by molar-refractivity contribution is 6.09. The molecular weight excluding hydrogens is 342 g/mol. The lowest BCUT2D eigenvalue weighted by atomic mass is 10.1. The van der Waals surface area contributed by atoms with Crippen molar-refractivity contribution in [2.75, 3.05) is 0 Å². The van der Waals surface area contributed by atoms with E-state index in [9.17, 15) is 17.6 Å². The van der Waals surface area contributed by atoms with E-state index < -0.39 is 17.6 Å². The van der Waals surface area contributed by atoms with Gasteiger partial charge >= 0.3 is 6.18 Å². The molecule has 132 valence electrons. The molecule has 0 N–H and O–H groups in total. The standard InChI is InChI=1S/C21H15F4N/c1-12-6-8-17-14(10-12)15-11-13(2)7-9-18(15)26(17)19-5-3-4-16(22)20(19)21(23,24)25/h3-11H,1-2H3. The van der Waals surface area contributed by atoms with E-state index in [1.54, 1.807) is 12.1 Å². The number of hydrogen-bond acceptors (Lipinski definition) is 0. The number of aromatic nitrogens is 1. The minimum Gasteiger partial charge on any atom is -0.309 e. The summed E-state index contributed by atoms with van der Waals surface area (Å²) in [5.74, 6) is -1.27. The zero-order chi connectivity index (χ0) is 18.6. The highest BCUT2D eigenvalue weighted by Crippen LogP contribution is 2.40. The molecular formula is C21H15F4N. The van der Waals surface area contributed by atoms with Gasteiger partial charge in [-0.05, 0) is 50.2 Å². The molecule has 26 heavy (non-hydrogen) atoms. The van der Waals surface area contributed by atoms with Crippen LogP contribution < -0.4 is 0 Å². The molecule has 0 amide bonds. The summed E-state index contributed by atoms with van der Waals surface area (Å²) in [4.78, 5) is 0. The van der Waals surface area contributed by atoms with Gasteiger partial charge in [0.05, 0.1) is 16.7 Å². The molecule has 5 heteroatoms. The second-order valence-electron chi connectivity index (χ2n) is 6.51. The van der Waals surface area contributed by atoms with Crippen molar-refractivity contribution in [3.05, 3.63) is 77.1 Å². The Labute approximate surface area is 147 Å². The number of fused-ring (bicyclic) bond motifs is 3. The molecule has 0 spiro atoms. The van der Waals surface area contributed by atoms with E-state index in [-0.39, 0.29) is 5.69 Å². The fraction of sp³-hybridized carbons (Fsp3) is 0.143. The maximum atomic E-state index is 14.1. The Hall–Kier alpha value is -2.82. The zero-order valence-corrected chi connectivity index (χ0v) is 14.2. The van der Waals surface area contributed by atoms with Crippen molar-refractivity contribution in [2.45, 2.75) is 20.0 Å². The SMILES string of the molecule is Cc1ccc2c(c1)c1cc(C)ccc1n2-c1cccc(F)c1C(F)(F)F. The molecule has 0 atom stereocenters. The van der Waals surface area contributed by atoms with Crippen LogP contribution in [0.15, 0.2) is 54.6 Å². The fourth-order valence-electron chi connectivity index (χ4n) is 3.49. The predicted octanol–water partition coefficient (Wildman–Crippen LogP) is 6.56. The highest BCUT2D eigenvalue weighted by atomic mass is 19.4. The number of nitrogens with zero attached hydrogens (tertiary/aromatic N) is 1. The Morgan fingerprint density at radius 3 is 1.81 bits per heavy atom. The molecule has 0 aliphatic rings. The first-order chi connectivity index (χ1) is 12.3. The second kappa shape index (κ2) is 5.59. The summed E-state index contributed by atoms with van der Waals surface area (Å²) in [5, 5.41) is 1.70. The van der Waals surface area contributed by atoms with Crippen LogP contribution in [0.3, 0.4) is 0 Å². The minimum atomic E-state index is -4.79. The Morgan fingerprint density at radius 1 is 0.769 bits per heavy atom. The van der Waals surface area contributed by atoms with Gasteiger partial charge in [-0.2, -0.15) is 13.2 Å². The zero-order valence-electron chi connectivity index (χ0n) is 14.2. The molecule has 4 aromatic rings. The fourth-order valence-corrected chi connectivity index (χ4v) is 3.49. The third kappa shape index (κ3) is 2.46. The van der Waals surface area contributed by atoms with Crippen LogP contribution in [-0.2, 0) is 6.18 Å². The molecule has 0 fully saturated rings. The van der Waals surface area contributed by atoms with E-state index in [1.165, 1.54) is 16.7 Å². The van der Waals surface area contributed by atoms with Crippen molar-refractivity contribution in [2.24, 2.45) is 0 Å². The van der Waals surface area contributed by atoms with E-state index in [0.29, 0.717) is 11.0 Å². The first-order valence-corrected chi connectivity index (χ1v) is 8.15. The number of alkyl halides is 3. The van der Waals surface area contributed by atoms with E-state index in [1.807, 2.05) is 38.1 Å². The van der Waals surface area contributed by atoms with Crippen molar-refractivity contribution >= 4 is 21.8 Å². The molecule has 1 heterocycles. The lowest BCUT2D eigenvalue weighted by Gasteiger charge is -2.16. The van der Waals surface area contributed by atoms with Gasteiger partial charge in [0.15, 0.2) is 0 Å². The third-order valence-electron chi connectivity index (χ3n) is 4.59. The van der Waals surface area contributed by atoms with E-state index in [2.05, 4.69) is 0 Å². The molecule has 3 aromatic carbocycles. The van der Waals surface area contributed by atoms with Gasteiger partial charge in [0.2, 0.25) is 0 Å². The van der Waals surface area contributed by atoms with Crippen LogP contribution in [0.5, 0.6) is 0 Å². The topological polar surface area (TPSA) is 4.93 Å². The lowest BCUT2D eigenvalue weighted by Crippen LogP contribution is -2.13. The van der Waals surface area contributed by atoms with Gasteiger partial charge in [0.25, 0.3) is 0 Å². The van der Waals surface area contributed by atoms with E-state index in [4.69, 9.17) is 0 Å². The first-order valence-electron chi connectivity index (χ1n) is 8.15. The largest absolute Gasteiger partial charge is 0.421 e. The summed E-state index contributed by atoms with van der Waals surface area (Å²) < 4.78 is 56.4. The van der Waals surface area contributed by atoms with Crippen LogP contribution >= 0.6 is 0 Å². The Bertz CT molecular complexity index is 1090. The predicted molar refractivity (Wildman–Crippen MR) is 95.2 cm³/mol. The summed E-state index contributed by atoms with van der Waals surface area (Å²) in [6.07, 6.45) is -4.79. The molecule has 0 unspecified atom stereocenters. The summed E-state index contributed by atoms with van der Waals surface area (Å²) >= 11 is 0. The number of aryl methyl sites for hydroxylation is 2. The average Bonchev–Trinajstić information content (AvgIpc) is 2.86. The van der Waals surface area contributed by atoms with Crippen LogP contribution in [-0.4, -0.2) is 4.57 Å². The van der Waals surface area contributed by atoms with Gasteiger partial charge in [-0.25, -0.2) is 4.39 Å². The summed E-state index contributed by atoms with van der Waals surface area (Å²) in [5.41, 5.74) is 1.80. The number of rotatable bonds is 1. The number of benzene rings is 3. The lowest BCUT2D eigenvalue weighted by molar-refractivity contribution is -0.139. The number of hydrogen-bond donors (Lipinski definition) is 0. The molecule has 0 aliphatic heterocycles. The average molecular weight is 357 g/mol. The second-order valence-corrected chi connectivity index (χ2v) is 6.51. The smallest absolute Gasteiger partial charge is 0.309 e. The van der Waals surface area contributed by atoms with Crippen molar-refractivity contribution in [1.82, 2.24) is 4.57 Å². The molecule has 0 bridgehead atoms. The minimum absolute atomic E-state index is 0.204. The van der Waals surface area contributed by atoms with Gasteiger partial charge in [-0.15, -0.1) is 0 Å². The van der Waals surface area contributed by atoms with Gasteiger partial charge in [-0.1, -0.05) is 29.3 Å². The van der Waals surface area contributed by atoms with Crippen LogP contribution in [0.1, 0.15) is 16.7 Å². The monoisotopic (exact) mass is 357 g/mol. The van der Waals surface area contributed by atoms with Crippen LogP contribution in [0.25, 0.3) is 27.5 Å². The molecule has 1 nitrogen and oxygen atoms in total. The van der Waals surface area contributed by atoms with Crippen LogP contribution in [0.2, 0.25) is 0 Å². The first kappa shape index (κ1) is 16.6. The summed E-state index contributed by atoms with van der Waals surface area (Å²) in [6.45, 7) is 3.86. The van der Waals surface area contributed by atoms with Crippen LogP contribution in [0.4, 0.5) is 17.6 Å². The summed E-state index contributed by atoms with van der Waals surface area (Å²) in [7, 11) is 0. The molecule has 0 aliphatic carbocycles. The Morgan fingerprint density at radius 2 is 1.31 bits per heavy atom.